The van der Waals surface area contributed by atoms with Crippen LogP contribution in [0.2, 0.25) is 0 Å². The normalized spacial score (nSPS) is 29.3. The third-order valence-corrected chi connectivity index (χ3v) is 4.56. The second kappa shape index (κ2) is 5.44. The summed E-state index contributed by atoms with van der Waals surface area (Å²) in [5.41, 5.74) is 9.33. The van der Waals surface area contributed by atoms with Crippen LogP contribution >= 0.6 is 0 Å². The molecule has 0 aromatic heterocycles. The lowest BCUT2D eigenvalue weighted by Gasteiger charge is -2.29. The molecular weight excluding hydrogens is 218 g/mol. The van der Waals surface area contributed by atoms with Gasteiger partial charge >= 0.3 is 0 Å². The summed E-state index contributed by atoms with van der Waals surface area (Å²) in [6.07, 6.45) is 6.14. The predicted octanol–water partition coefficient (Wildman–Crippen LogP) is 4.56. The number of nitrogens with two attached hydrogens (primary N) is 1. The summed E-state index contributed by atoms with van der Waals surface area (Å²) < 4.78 is 0. The van der Waals surface area contributed by atoms with Crippen LogP contribution in [0.25, 0.3) is 0 Å². The van der Waals surface area contributed by atoms with Gasteiger partial charge in [0.05, 0.1) is 0 Å². The van der Waals surface area contributed by atoms with Gasteiger partial charge in [0.25, 0.3) is 0 Å². The molecule has 1 heteroatoms. The van der Waals surface area contributed by atoms with Crippen LogP contribution in [-0.2, 0) is 5.54 Å². The maximum Gasteiger partial charge on any atom is 0.0409 e. The van der Waals surface area contributed by atoms with Gasteiger partial charge in [0.15, 0.2) is 0 Å². The molecule has 18 heavy (non-hydrogen) atoms. The van der Waals surface area contributed by atoms with Gasteiger partial charge < -0.3 is 5.73 Å². The lowest BCUT2D eigenvalue weighted by molar-refractivity contribution is 0.378. The zero-order valence-electron chi connectivity index (χ0n) is 12.1. The van der Waals surface area contributed by atoms with E-state index in [1.165, 1.54) is 30.4 Å². The SMILES string of the molecule is CC1CCCC(N)(c2ccc(C(C)C)cc2)CC1. The Morgan fingerprint density at radius 2 is 1.78 bits per heavy atom. The standard InChI is InChI=1S/C17H27N/c1-13(2)15-6-8-16(9-7-15)17(18)11-4-5-14(3)10-12-17/h6-9,13-14H,4-5,10-12,18H2,1-3H3. The fraction of sp³-hybridized carbons (Fsp3) is 0.647. The van der Waals surface area contributed by atoms with Crippen LogP contribution in [0.3, 0.4) is 0 Å². The van der Waals surface area contributed by atoms with Crippen molar-refractivity contribution in [3.8, 4) is 0 Å². The molecule has 0 heterocycles. The highest BCUT2D eigenvalue weighted by Crippen LogP contribution is 2.36. The molecule has 0 radical (unpaired) electrons. The van der Waals surface area contributed by atoms with Crippen molar-refractivity contribution in [3.05, 3.63) is 35.4 Å². The molecule has 2 rings (SSSR count). The van der Waals surface area contributed by atoms with Gasteiger partial charge in [0, 0.05) is 5.54 Å². The van der Waals surface area contributed by atoms with Crippen molar-refractivity contribution >= 4 is 0 Å². The Hall–Kier alpha value is -0.820. The minimum Gasteiger partial charge on any atom is -0.321 e. The molecule has 0 saturated heterocycles. The monoisotopic (exact) mass is 245 g/mol. The van der Waals surface area contributed by atoms with Gasteiger partial charge in [0.1, 0.15) is 0 Å². The van der Waals surface area contributed by atoms with Crippen LogP contribution in [0, 0.1) is 5.92 Å². The second-order valence-electron chi connectivity index (χ2n) is 6.47. The average Bonchev–Trinajstić information content (AvgIpc) is 2.53. The summed E-state index contributed by atoms with van der Waals surface area (Å²) in [4.78, 5) is 0. The van der Waals surface area contributed by atoms with Crippen LogP contribution < -0.4 is 5.73 Å². The Balaban J connectivity index is 2.18. The molecule has 100 valence electrons. The summed E-state index contributed by atoms with van der Waals surface area (Å²) in [5, 5.41) is 0. The molecule has 1 aliphatic rings. The molecule has 0 aliphatic heterocycles. The van der Waals surface area contributed by atoms with E-state index >= 15 is 0 Å². The first-order valence-electron chi connectivity index (χ1n) is 7.40. The van der Waals surface area contributed by atoms with Gasteiger partial charge in [-0.1, -0.05) is 57.9 Å². The Bertz CT molecular complexity index is 379. The first-order chi connectivity index (χ1) is 8.51. The van der Waals surface area contributed by atoms with Gasteiger partial charge in [-0.3, -0.25) is 0 Å². The summed E-state index contributed by atoms with van der Waals surface area (Å²) in [5.74, 6) is 1.44. The molecule has 0 spiro atoms. The van der Waals surface area contributed by atoms with E-state index in [1.54, 1.807) is 0 Å². The highest BCUT2D eigenvalue weighted by Gasteiger charge is 2.29. The molecule has 1 nitrogen and oxygen atoms in total. The highest BCUT2D eigenvalue weighted by atomic mass is 14.7. The van der Waals surface area contributed by atoms with Gasteiger partial charge in [-0.15, -0.1) is 0 Å². The fourth-order valence-electron chi connectivity index (χ4n) is 3.03. The molecule has 1 saturated carbocycles. The molecule has 2 atom stereocenters. The second-order valence-corrected chi connectivity index (χ2v) is 6.47. The van der Waals surface area contributed by atoms with E-state index in [4.69, 9.17) is 5.73 Å². The van der Waals surface area contributed by atoms with Crippen LogP contribution in [-0.4, -0.2) is 0 Å². The smallest absolute Gasteiger partial charge is 0.0409 e. The Morgan fingerprint density at radius 3 is 2.39 bits per heavy atom. The van der Waals surface area contributed by atoms with Crippen molar-refractivity contribution in [2.75, 3.05) is 0 Å². The van der Waals surface area contributed by atoms with Crippen molar-refractivity contribution in [2.24, 2.45) is 11.7 Å². The van der Waals surface area contributed by atoms with Crippen molar-refractivity contribution in [3.63, 3.8) is 0 Å². The van der Waals surface area contributed by atoms with Crippen LogP contribution in [0.5, 0.6) is 0 Å². The molecule has 1 fully saturated rings. The van der Waals surface area contributed by atoms with E-state index in [0.29, 0.717) is 5.92 Å². The first-order valence-corrected chi connectivity index (χ1v) is 7.40. The molecule has 1 aromatic rings. The van der Waals surface area contributed by atoms with E-state index in [2.05, 4.69) is 45.0 Å². The fourth-order valence-corrected chi connectivity index (χ4v) is 3.03. The van der Waals surface area contributed by atoms with E-state index in [0.717, 1.165) is 18.8 Å². The van der Waals surface area contributed by atoms with Crippen LogP contribution in [0.1, 0.15) is 69.9 Å². The van der Waals surface area contributed by atoms with Gasteiger partial charge in [-0.2, -0.15) is 0 Å². The molecule has 0 bridgehead atoms. The third kappa shape index (κ3) is 2.95. The lowest BCUT2D eigenvalue weighted by Crippen LogP contribution is -2.36. The van der Waals surface area contributed by atoms with Crippen molar-refractivity contribution in [2.45, 2.75) is 64.3 Å². The molecular formula is C17H27N. The molecule has 0 amide bonds. The molecule has 2 N–H and O–H groups in total. The lowest BCUT2D eigenvalue weighted by atomic mass is 9.83. The number of hydrogen-bond acceptors (Lipinski definition) is 1. The Kier molecular flexibility index (Phi) is 4.11. The highest BCUT2D eigenvalue weighted by molar-refractivity contribution is 5.30. The Morgan fingerprint density at radius 1 is 1.11 bits per heavy atom. The Labute approximate surface area is 112 Å². The molecule has 2 unspecified atom stereocenters. The molecule has 1 aromatic carbocycles. The number of benzene rings is 1. The maximum absolute atomic E-state index is 6.67. The van der Waals surface area contributed by atoms with E-state index in [-0.39, 0.29) is 5.54 Å². The maximum atomic E-state index is 6.67. The van der Waals surface area contributed by atoms with Crippen molar-refractivity contribution in [1.29, 1.82) is 0 Å². The number of rotatable bonds is 2. The predicted molar refractivity (Wildman–Crippen MR) is 78.6 cm³/mol. The van der Waals surface area contributed by atoms with Gasteiger partial charge in [-0.25, -0.2) is 0 Å². The summed E-state index contributed by atoms with van der Waals surface area (Å²) in [7, 11) is 0. The van der Waals surface area contributed by atoms with Crippen LogP contribution in [0.4, 0.5) is 0 Å². The summed E-state index contributed by atoms with van der Waals surface area (Å²) in [6, 6.07) is 9.02. The van der Waals surface area contributed by atoms with Crippen LogP contribution in [0.15, 0.2) is 24.3 Å². The number of hydrogen-bond donors (Lipinski definition) is 1. The van der Waals surface area contributed by atoms with Crippen molar-refractivity contribution in [1.82, 2.24) is 0 Å². The van der Waals surface area contributed by atoms with E-state index in [9.17, 15) is 0 Å². The largest absolute Gasteiger partial charge is 0.321 e. The zero-order chi connectivity index (χ0) is 13.2. The average molecular weight is 245 g/mol. The first kappa shape index (κ1) is 13.6. The minimum atomic E-state index is -0.0831. The quantitative estimate of drug-likeness (QED) is 0.759. The third-order valence-electron chi connectivity index (χ3n) is 4.56. The summed E-state index contributed by atoms with van der Waals surface area (Å²) in [6.45, 7) is 6.83. The van der Waals surface area contributed by atoms with Gasteiger partial charge in [-0.05, 0) is 42.2 Å². The topological polar surface area (TPSA) is 26.0 Å². The summed E-state index contributed by atoms with van der Waals surface area (Å²) >= 11 is 0. The van der Waals surface area contributed by atoms with Crippen molar-refractivity contribution < 1.29 is 0 Å². The van der Waals surface area contributed by atoms with E-state index in [1.807, 2.05) is 0 Å². The molecule has 1 aliphatic carbocycles. The zero-order valence-corrected chi connectivity index (χ0v) is 12.1. The van der Waals surface area contributed by atoms with Gasteiger partial charge in [0.2, 0.25) is 0 Å². The minimum absolute atomic E-state index is 0.0831. The van der Waals surface area contributed by atoms with E-state index < -0.39 is 0 Å².